The van der Waals surface area contributed by atoms with Gasteiger partial charge in [-0.3, -0.25) is 0 Å². The maximum atomic E-state index is 9.59. The van der Waals surface area contributed by atoms with Crippen molar-refractivity contribution in [1.29, 1.82) is 0 Å². The fourth-order valence-electron chi connectivity index (χ4n) is 1.58. The fraction of sp³-hybridized carbons (Fsp3) is 1.00. The van der Waals surface area contributed by atoms with Crippen LogP contribution in [-0.4, -0.2) is 22.4 Å². The smallest absolute Gasteiger partial charge is 0.0590 e. The topological polar surface area (TPSA) is 40.5 Å². The van der Waals surface area contributed by atoms with Crippen LogP contribution in [0.5, 0.6) is 0 Å². The molecule has 0 aliphatic carbocycles. The van der Waals surface area contributed by atoms with Gasteiger partial charge in [-0.05, 0) is 19.3 Å². The van der Waals surface area contributed by atoms with Gasteiger partial charge < -0.3 is 10.2 Å². The molecule has 0 rings (SSSR count). The Morgan fingerprint density at radius 1 is 0.917 bits per heavy atom. The highest BCUT2D eigenvalue weighted by Gasteiger charge is 2.23. The van der Waals surface area contributed by atoms with Crippen LogP contribution < -0.4 is 0 Å². The van der Waals surface area contributed by atoms with Crippen LogP contribution in [0.1, 0.15) is 46.5 Å². The standard InChI is InChI=1S/C10H22O2/c1-4-7-8(9(11)5-2)10(12)6-3/h8-12H,4-7H2,1-3H3. The van der Waals surface area contributed by atoms with E-state index in [2.05, 4.69) is 6.92 Å². The van der Waals surface area contributed by atoms with Crippen LogP contribution in [-0.2, 0) is 0 Å². The van der Waals surface area contributed by atoms with Crippen molar-refractivity contribution in [2.45, 2.75) is 58.7 Å². The minimum Gasteiger partial charge on any atom is -0.393 e. The van der Waals surface area contributed by atoms with Crippen LogP contribution in [0.2, 0.25) is 0 Å². The Bertz CT molecular complexity index is 94.0. The largest absolute Gasteiger partial charge is 0.393 e. The molecule has 0 aliphatic heterocycles. The molecule has 2 nitrogen and oxygen atoms in total. The van der Waals surface area contributed by atoms with Crippen LogP contribution in [0.15, 0.2) is 0 Å². The van der Waals surface area contributed by atoms with Gasteiger partial charge >= 0.3 is 0 Å². The van der Waals surface area contributed by atoms with Crippen molar-refractivity contribution < 1.29 is 10.2 Å². The molecule has 0 saturated heterocycles. The zero-order chi connectivity index (χ0) is 9.56. The molecule has 0 aromatic carbocycles. The van der Waals surface area contributed by atoms with Crippen molar-refractivity contribution >= 4 is 0 Å². The Morgan fingerprint density at radius 2 is 1.33 bits per heavy atom. The average molecular weight is 174 g/mol. The highest BCUT2D eigenvalue weighted by Crippen LogP contribution is 2.20. The van der Waals surface area contributed by atoms with Crippen molar-refractivity contribution in [1.82, 2.24) is 0 Å². The van der Waals surface area contributed by atoms with Gasteiger partial charge in [0.05, 0.1) is 12.2 Å². The Morgan fingerprint density at radius 3 is 1.58 bits per heavy atom. The predicted octanol–water partition coefficient (Wildman–Crippen LogP) is 1.94. The number of hydrogen-bond acceptors (Lipinski definition) is 2. The summed E-state index contributed by atoms with van der Waals surface area (Å²) in [5, 5.41) is 19.2. The van der Waals surface area contributed by atoms with Crippen molar-refractivity contribution in [3.8, 4) is 0 Å². The lowest BCUT2D eigenvalue weighted by atomic mass is 9.89. The van der Waals surface area contributed by atoms with Gasteiger partial charge in [0.2, 0.25) is 0 Å². The summed E-state index contributed by atoms with van der Waals surface area (Å²) in [6, 6.07) is 0. The average Bonchev–Trinajstić information content (AvgIpc) is 2.11. The zero-order valence-corrected chi connectivity index (χ0v) is 8.45. The molecule has 0 bridgehead atoms. The van der Waals surface area contributed by atoms with E-state index < -0.39 is 0 Å². The normalized spacial score (nSPS) is 18.8. The summed E-state index contributed by atoms with van der Waals surface area (Å²) in [4.78, 5) is 0. The Balaban J connectivity index is 4.01. The van der Waals surface area contributed by atoms with Crippen LogP contribution in [0.3, 0.4) is 0 Å². The van der Waals surface area contributed by atoms with Crippen molar-refractivity contribution in [3.63, 3.8) is 0 Å². The number of aliphatic hydroxyl groups is 2. The lowest BCUT2D eigenvalue weighted by Crippen LogP contribution is -2.30. The second-order valence-electron chi connectivity index (χ2n) is 3.40. The van der Waals surface area contributed by atoms with Gasteiger partial charge in [-0.1, -0.05) is 27.2 Å². The molecular formula is C10H22O2. The third-order valence-electron chi connectivity index (χ3n) is 2.45. The third kappa shape index (κ3) is 3.55. The van der Waals surface area contributed by atoms with Crippen LogP contribution in [0.4, 0.5) is 0 Å². The summed E-state index contributed by atoms with van der Waals surface area (Å²) in [6.07, 6.45) is 2.76. The highest BCUT2D eigenvalue weighted by atomic mass is 16.3. The van der Waals surface area contributed by atoms with E-state index in [9.17, 15) is 10.2 Å². The summed E-state index contributed by atoms with van der Waals surface area (Å²) in [5.74, 6) is 0.0741. The Kier molecular flexibility index (Phi) is 6.39. The van der Waals surface area contributed by atoms with E-state index in [0.717, 1.165) is 25.7 Å². The lowest BCUT2D eigenvalue weighted by molar-refractivity contribution is 0.00434. The maximum absolute atomic E-state index is 9.59. The first-order chi connectivity index (χ1) is 5.67. The molecule has 0 aliphatic rings. The Hall–Kier alpha value is -0.0800. The molecule has 2 atom stereocenters. The minimum absolute atomic E-state index is 0.0741. The van der Waals surface area contributed by atoms with Gasteiger partial charge in [0, 0.05) is 5.92 Å². The molecule has 12 heavy (non-hydrogen) atoms. The number of rotatable bonds is 6. The van der Waals surface area contributed by atoms with Gasteiger partial charge in [-0.2, -0.15) is 0 Å². The van der Waals surface area contributed by atoms with Gasteiger partial charge in [-0.25, -0.2) is 0 Å². The van der Waals surface area contributed by atoms with Crippen molar-refractivity contribution in [2.24, 2.45) is 5.92 Å². The fourth-order valence-corrected chi connectivity index (χ4v) is 1.58. The van der Waals surface area contributed by atoms with Gasteiger partial charge in [-0.15, -0.1) is 0 Å². The van der Waals surface area contributed by atoms with Crippen molar-refractivity contribution in [2.75, 3.05) is 0 Å². The van der Waals surface area contributed by atoms with E-state index in [-0.39, 0.29) is 18.1 Å². The monoisotopic (exact) mass is 174 g/mol. The molecule has 0 heterocycles. The molecule has 0 aromatic rings. The summed E-state index contributed by atoms with van der Waals surface area (Å²) < 4.78 is 0. The maximum Gasteiger partial charge on any atom is 0.0590 e. The molecular weight excluding hydrogens is 152 g/mol. The zero-order valence-electron chi connectivity index (χ0n) is 8.45. The minimum atomic E-state index is -0.333. The van der Waals surface area contributed by atoms with Crippen LogP contribution in [0.25, 0.3) is 0 Å². The molecule has 2 unspecified atom stereocenters. The van der Waals surface area contributed by atoms with E-state index in [1.54, 1.807) is 0 Å². The lowest BCUT2D eigenvalue weighted by Gasteiger charge is -2.25. The SMILES string of the molecule is CCCC(C(O)CC)C(O)CC. The quantitative estimate of drug-likeness (QED) is 0.646. The molecule has 2 N–H and O–H groups in total. The van der Waals surface area contributed by atoms with Gasteiger partial charge in [0.25, 0.3) is 0 Å². The molecule has 74 valence electrons. The second kappa shape index (κ2) is 6.44. The third-order valence-corrected chi connectivity index (χ3v) is 2.45. The van der Waals surface area contributed by atoms with Crippen LogP contribution in [0, 0.1) is 5.92 Å². The first-order valence-corrected chi connectivity index (χ1v) is 5.03. The van der Waals surface area contributed by atoms with Gasteiger partial charge in [0.15, 0.2) is 0 Å². The number of aliphatic hydroxyl groups excluding tert-OH is 2. The molecule has 0 spiro atoms. The molecule has 0 fully saturated rings. The van der Waals surface area contributed by atoms with Crippen molar-refractivity contribution in [3.05, 3.63) is 0 Å². The summed E-state index contributed by atoms with van der Waals surface area (Å²) >= 11 is 0. The molecule has 0 radical (unpaired) electrons. The van der Waals surface area contributed by atoms with E-state index in [0.29, 0.717) is 0 Å². The summed E-state index contributed by atoms with van der Waals surface area (Å²) in [5.41, 5.74) is 0. The van der Waals surface area contributed by atoms with E-state index in [1.807, 2.05) is 13.8 Å². The molecule has 2 heteroatoms. The summed E-state index contributed by atoms with van der Waals surface area (Å²) in [7, 11) is 0. The predicted molar refractivity (Wildman–Crippen MR) is 51.0 cm³/mol. The highest BCUT2D eigenvalue weighted by molar-refractivity contribution is 4.73. The first kappa shape index (κ1) is 11.9. The number of hydrogen-bond donors (Lipinski definition) is 2. The second-order valence-corrected chi connectivity index (χ2v) is 3.40. The molecule has 0 saturated carbocycles. The van der Waals surface area contributed by atoms with E-state index in [4.69, 9.17) is 0 Å². The summed E-state index contributed by atoms with van der Waals surface area (Å²) in [6.45, 7) is 5.99. The Labute approximate surface area is 75.6 Å². The van der Waals surface area contributed by atoms with E-state index >= 15 is 0 Å². The van der Waals surface area contributed by atoms with E-state index in [1.165, 1.54) is 0 Å². The van der Waals surface area contributed by atoms with Gasteiger partial charge in [0.1, 0.15) is 0 Å². The molecule has 0 amide bonds. The van der Waals surface area contributed by atoms with Crippen LogP contribution >= 0.6 is 0 Å². The molecule has 0 aromatic heterocycles. The first-order valence-electron chi connectivity index (χ1n) is 5.03.